The minimum absolute atomic E-state index is 0.0542. The molecule has 88 valence electrons. The molecule has 1 aromatic heterocycles. The molecule has 0 N–H and O–H groups in total. The Balaban J connectivity index is 2.28. The summed E-state index contributed by atoms with van der Waals surface area (Å²) in [5, 5.41) is 0. The van der Waals surface area contributed by atoms with E-state index in [9.17, 15) is 0 Å². The molecule has 0 atom stereocenters. The van der Waals surface area contributed by atoms with Crippen molar-refractivity contribution in [3.05, 3.63) is 23.4 Å². The van der Waals surface area contributed by atoms with Gasteiger partial charge in [-0.05, 0) is 44.7 Å². The van der Waals surface area contributed by atoms with Gasteiger partial charge in [-0.1, -0.05) is 6.07 Å². The highest BCUT2D eigenvalue weighted by Gasteiger charge is 2.24. The molecular weight excluding hydrogens is 220 g/mol. The number of fused-ring (bicyclic) bond motifs is 1. The van der Waals surface area contributed by atoms with Crippen molar-refractivity contribution in [2.75, 3.05) is 17.8 Å². The third-order valence-corrected chi connectivity index (χ3v) is 4.15. The molecule has 0 saturated carbocycles. The van der Waals surface area contributed by atoms with Crippen LogP contribution >= 0.6 is 11.6 Å². The molecule has 0 aromatic carbocycles. The fourth-order valence-corrected chi connectivity index (χ4v) is 2.17. The minimum atomic E-state index is -0.0542. The first-order valence-electron chi connectivity index (χ1n) is 5.83. The lowest BCUT2D eigenvalue weighted by molar-refractivity contribution is 0.539. The Morgan fingerprint density at radius 1 is 1.38 bits per heavy atom. The second kappa shape index (κ2) is 4.25. The van der Waals surface area contributed by atoms with E-state index in [-0.39, 0.29) is 5.54 Å². The van der Waals surface area contributed by atoms with E-state index in [0.29, 0.717) is 5.88 Å². The summed E-state index contributed by atoms with van der Waals surface area (Å²) in [5.74, 6) is 1.63. The van der Waals surface area contributed by atoms with E-state index in [0.717, 1.165) is 12.2 Å². The van der Waals surface area contributed by atoms with E-state index in [4.69, 9.17) is 16.6 Å². The van der Waals surface area contributed by atoms with E-state index >= 15 is 0 Å². The Hall–Kier alpha value is -0.760. The molecule has 1 aromatic rings. The molecule has 1 aliphatic rings. The molecule has 1 aliphatic carbocycles. The smallest absolute Gasteiger partial charge is 0.129 e. The Morgan fingerprint density at radius 3 is 2.81 bits per heavy atom. The zero-order chi connectivity index (χ0) is 11.8. The number of aromatic nitrogens is 1. The Kier molecular flexibility index (Phi) is 3.11. The standard InChI is InChI=1S/C13H19ClN2/c1-13(2,9-14)16(3)12-8-7-10-5-4-6-11(10)15-12/h7-8H,4-6,9H2,1-3H3. The summed E-state index contributed by atoms with van der Waals surface area (Å²) in [6.07, 6.45) is 3.55. The van der Waals surface area contributed by atoms with E-state index < -0.39 is 0 Å². The molecule has 0 fully saturated rings. The van der Waals surface area contributed by atoms with E-state index in [2.05, 4.69) is 37.9 Å². The Bertz CT molecular complexity index is 388. The van der Waals surface area contributed by atoms with Gasteiger partial charge in [-0.15, -0.1) is 11.6 Å². The van der Waals surface area contributed by atoms with Crippen LogP contribution in [0.4, 0.5) is 5.82 Å². The van der Waals surface area contributed by atoms with Crippen LogP contribution in [0.1, 0.15) is 31.5 Å². The number of anilines is 1. The van der Waals surface area contributed by atoms with Crippen molar-refractivity contribution in [1.29, 1.82) is 0 Å². The van der Waals surface area contributed by atoms with Crippen molar-refractivity contribution in [1.82, 2.24) is 4.98 Å². The summed E-state index contributed by atoms with van der Waals surface area (Å²) in [4.78, 5) is 6.90. The lowest BCUT2D eigenvalue weighted by Crippen LogP contribution is -2.43. The molecule has 0 radical (unpaired) electrons. The van der Waals surface area contributed by atoms with Gasteiger partial charge in [0.1, 0.15) is 5.82 Å². The second-order valence-electron chi connectivity index (χ2n) is 5.13. The fourth-order valence-electron chi connectivity index (χ4n) is 2.00. The Labute approximate surface area is 103 Å². The van der Waals surface area contributed by atoms with Gasteiger partial charge >= 0.3 is 0 Å². The maximum atomic E-state index is 5.99. The molecule has 2 rings (SSSR count). The molecule has 0 bridgehead atoms. The average Bonchev–Trinajstić information content (AvgIpc) is 2.74. The topological polar surface area (TPSA) is 16.1 Å². The molecule has 3 heteroatoms. The van der Waals surface area contributed by atoms with Crippen LogP contribution in [0.5, 0.6) is 0 Å². The predicted octanol–water partition coefficient (Wildman–Crippen LogP) is 3.02. The van der Waals surface area contributed by atoms with Gasteiger partial charge in [-0.25, -0.2) is 4.98 Å². The molecule has 1 heterocycles. The highest BCUT2D eigenvalue weighted by molar-refractivity contribution is 6.18. The largest absolute Gasteiger partial charge is 0.353 e. The molecule has 0 saturated heterocycles. The van der Waals surface area contributed by atoms with Gasteiger partial charge in [0, 0.05) is 24.2 Å². The second-order valence-corrected chi connectivity index (χ2v) is 5.40. The first-order valence-corrected chi connectivity index (χ1v) is 6.36. The summed E-state index contributed by atoms with van der Waals surface area (Å²) in [5.41, 5.74) is 2.64. The normalized spacial score (nSPS) is 15.0. The zero-order valence-corrected chi connectivity index (χ0v) is 11.0. The summed E-state index contributed by atoms with van der Waals surface area (Å²) in [6, 6.07) is 4.32. The molecule has 0 spiro atoms. The molecule has 0 aliphatic heterocycles. The number of rotatable bonds is 3. The lowest BCUT2D eigenvalue weighted by Gasteiger charge is -2.35. The van der Waals surface area contributed by atoms with Gasteiger partial charge < -0.3 is 4.90 Å². The third kappa shape index (κ3) is 2.03. The summed E-state index contributed by atoms with van der Waals surface area (Å²) >= 11 is 5.99. The number of halogens is 1. The van der Waals surface area contributed by atoms with Gasteiger partial charge in [0.2, 0.25) is 0 Å². The van der Waals surface area contributed by atoms with E-state index in [1.807, 2.05) is 0 Å². The number of aryl methyl sites for hydroxylation is 2. The maximum absolute atomic E-state index is 5.99. The summed E-state index contributed by atoms with van der Waals surface area (Å²) < 4.78 is 0. The van der Waals surface area contributed by atoms with Gasteiger partial charge in [0.05, 0.1) is 0 Å². The molecular formula is C13H19ClN2. The van der Waals surface area contributed by atoms with Crippen LogP contribution in [0.3, 0.4) is 0 Å². The third-order valence-electron chi connectivity index (χ3n) is 3.49. The first kappa shape index (κ1) is 11.7. The molecule has 0 unspecified atom stereocenters. The van der Waals surface area contributed by atoms with Crippen LogP contribution in [-0.2, 0) is 12.8 Å². The van der Waals surface area contributed by atoms with Gasteiger partial charge in [-0.3, -0.25) is 0 Å². The lowest BCUT2D eigenvalue weighted by atomic mass is 10.1. The monoisotopic (exact) mass is 238 g/mol. The SMILES string of the molecule is CN(c1ccc2c(n1)CCC2)C(C)(C)CCl. The van der Waals surface area contributed by atoms with E-state index in [1.165, 1.54) is 24.1 Å². The number of hydrogen-bond donors (Lipinski definition) is 0. The highest BCUT2D eigenvalue weighted by atomic mass is 35.5. The van der Waals surface area contributed by atoms with Crippen molar-refractivity contribution < 1.29 is 0 Å². The van der Waals surface area contributed by atoms with Crippen molar-refractivity contribution in [2.45, 2.75) is 38.6 Å². The molecule has 0 amide bonds. The quantitative estimate of drug-likeness (QED) is 0.753. The summed E-state index contributed by atoms with van der Waals surface area (Å²) in [7, 11) is 2.06. The van der Waals surface area contributed by atoms with Gasteiger partial charge in [-0.2, -0.15) is 0 Å². The number of nitrogens with zero attached hydrogens (tertiary/aromatic N) is 2. The van der Waals surface area contributed by atoms with Crippen molar-refractivity contribution in [3.63, 3.8) is 0 Å². The van der Waals surface area contributed by atoms with Crippen LogP contribution in [0.15, 0.2) is 12.1 Å². The van der Waals surface area contributed by atoms with Crippen molar-refractivity contribution in [3.8, 4) is 0 Å². The van der Waals surface area contributed by atoms with Crippen LogP contribution in [0.2, 0.25) is 0 Å². The van der Waals surface area contributed by atoms with Crippen LogP contribution in [0, 0.1) is 0 Å². The van der Waals surface area contributed by atoms with Gasteiger partial charge in [0.15, 0.2) is 0 Å². The fraction of sp³-hybridized carbons (Fsp3) is 0.615. The molecule has 16 heavy (non-hydrogen) atoms. The number of pyridine rings is 1. The van der Waals surface area contributed by atoms with Crippen LogP contribution in [-0.4, -0.2) is 23.5 Å². The average molecular weight is 239 g/mol. The molecule has 2 nitrogen and oxygen atoms in total. The van der Waals surface area contributed by atoms with Crippen LogP contribution < -0.4 is 4.90 Å². The predicted molar refractivity (Wildman–Crippen MR) is 69.5 cm³/mol. The first-order chi connectivity index (χ1) is 7.54. The zero-order valence-electron chi connectivity index (χ0n) is 10.3. The number of hydrogen-bond acceptors (Lipinski definition) is 2. The minimum Gasteiger partial charge on any atom is -0.353 e. The number of alkyl halides is 1. The van der Waals surface area contributed by atoms with Crippen LogP contribution in [0.25, 0.3) is 0 Å². The van der Waals surface area contributed by atoms with E-state index in [1.54, 1.807) is 0 Å². The maximum Gasteiger partial charge on any atom is 0.129 e. The van der Waals surface area contributed by atoms with Crippen molar-refractivity contribution >= 4 is 17.4 Å². The summed E-state index contributed by atoms with van der Waals surface area (Å²) in [6.45, 7) is 4.27. The highest BCUT2D eigenvalue weighted by Crippen LogP contribution is 2.26. The van der Waals surface area contributed by atoms with Gasteiger partial charge in [0.25, 0.3) is 0 Å². The Morgan fingerprint density at radius 2 is 2.12 bits per heavy atom. The van der Waals surface area contributed by atoms with Crippen molar-refractivity contribution in [2.24, 2.45) is 0 Å².